The van der Waals surface area contributed by atoms with Gasteiger partial charge in [0.15, 0.2) is 0 Å². The van der Waals surface area contributed by atoms with Crippen molar-refractivity contribution in [1.82, 2.24) is 4.90 Å². The first kappa shape index (κ1) is 11.4. The van der Waals surface area contributed by atoms with Crippen molar-refractivity contribution in [2.75, 3.05) is 6.54 Å². The lowest BCUT2D eigenvalue weighted by Gasteiger charge is -2.33. The van der Waals surface area contributed by atoms with Gasteiger partial charge in [0.05, 0.1) is 0 Å². The van der Waals surface area contributed by atoms with Gasteiger partial charge in [-0.1, -0.05) is 6.42 Å². The first-order valence-corrected chi connectivity index (χ1v) is 5.87. The van der Waals surface area contributed by atoms with Gasteiger partial charge in [0.1, 0.15) is 11.6 Å². The zero-order valence-corrected chi connectivity index (χ0v) is 9.62. The largest absolute Gasteiger partial charge is 0.508 e. The second kappa shape index (κ2) is 4.83. The molecule has 0 radical (unpaired) electrons. The van der Waals surface area contributed by atoms with Crippen LogP contribution in [0.4, 0.5) is 4.39 Å². The second-order valence-corrected chi connectivity index (χ2v) is 4.63. The molecular formula is C13H18FNO. The van der Waals surface area contributed by atoms with Gasteiger partial charge in [-0.2, -0.15) is 0 Å². The quantitative estimate of drug-likeness (QED) is 0.833. The maximum Gasteiger partial charge on any atom is 0.127 e. The summed E-state index contributed by atoms with van der Waals surface area (Å²) in [6, 6.07) is 4.84. The lowest BCUT2D eigenvalue weighted by atomic mass is 10.0. The van der Waals surface area contributed by atoms with Crippen LogP contribution in [0.2, 0.25) is 0 Å². The Hall–Kier alpha value is -1.09. The van der Waals surface area contributed by atoms with Gasteiger partial charge in [0.2, 0.25) is 0 Å². The van der Waals surface area contributed by atoms with Crippen LogP contribution in [-0.4, -0.2) is 22.6 Å². The number of rotatable bonds is 2. The summed E-state index contributed by atoms with van der Waals surface area (Å²) in [5.41, 5.74) is 0.853. The van der Waals surface area contributed by atoms with E-state index in [9.17, 15) is 9.50 Å². The van der Waals surface area contributed by atoms with E-state index in [4.69, 9.17) is 0 Å². The Morgan fingerprint density at radius 1 is 1.38 bits per heavy atom. The molecular weight excluding hydrogens is 205 g/mol. The molecule has 0 aliphatic carbocycles. The van der Waals surface area contributed by atoms with Gasteiger partial charge in [-0.05, 0) is 44.0 Å². The first-order chi connectivity index (χ1) is 7.65. The van der Waals surface area contributed by atoms with E-state index < -0.39 is 0 Å². The fraction of sp³-hybridized carbons (Fsp3) is 0.538. The van der Waals surface area contributed by atoms with Gasteiger partial charge in [-0.25, -0.2) is 4.39 Å². The molecule has 0 aromatic heterocycles. The Labute approximate surface area is 95.7 Å². The minimum atomic E-state index is -0.361. The maximum atomic E-state index is 13.1. The number of aromatic hydroxyl groups is 1. The maximum absolute atomic E-state index is 13.1. The molecule has 16 heavy (non-hydrogen) atoms. The molecule has 1 atom stereocenters. The number of benzene rings is 1. The van der Waals surface area contributed by atoms with E-state index in [0.29, 0.717) is 6.04 Å². The van der Waals surface area contributed by atoms with Crippen molar-refractivity contribution < 1.29 is 9.50 Å². The number of likely N-dealkylation sites (tertiary alicyclic amines) is 1. The van der Waals surface area contributed by atoms with Crippen LogP contribution in [0, 0.1) is 5.82 Å². The molecule has 0 spiro atoms. The topological polar surface area (TPSA) is 23.5 Å². The minimum absolute atomic E-state index is 0.0136. The second-order valence-electron chi connectivity index (χ2n) is 4.63. The SMILES string of the molecule is CC1CCCCN1Cc1cc(O)cc(F)c1. The number of phenols is 1. The number of hydrogen-bond acceptors (Lipinski definition) is 2. The van der Waals surface area contributed by atoms with E-state index in [0.717, 1.165) is 24.7 Å². The highest BCUT2D eigenvalue weighted by molar-refractivity contribution is 5.28. The third-order valence-electron chi connectivity index (χ3n) is 3.27. The van der Waals surface area contributed by atoms with Crippen LogP contribution in [-0.2, 0) is 6.54 Å². The normalized spacial score (nSPS) is 22.2. The molecule has 1 aromatic rings. The molecule has 1 heterocycles. The van der Waals surface area contributed by atoms with Gasteiger partial charge in [-0.3, -0.25) is 4.90 Å². The molecule has 88 valence electrons. The molecule has 2 rings (SSSR count). The zero-order valence-electron chi connectivity index (χ0n) is 9.62. The summed E-state index contributed by atoms with van der Waals surface area (Å²) in [6.45, 7) is 4.00. The predicted octanol–water partition coefficient (Wildman–Crippen LogP) is 2.91. The monoisotopic (exact) mass is 223 g/mol. The molecule has 1 aliphatic rings. The Bertz CT molecular complexity index is 347. The lowest BCUT2D eigenvalue weighted by Crippen LogP contribution is -2.36. The minimum Gasteiger partial charge on any atom is -0.508 e. The zero-order chi connectivity index (χ0) is 11.5. The average molecular weight is 223 g/mol. The van der Waals surface area contributed by atoms with Crippen molar-refractivity contribution in [1.29, 1.82) is 0 Å². The van der Waals surface area contributed by atoms with Gasteiger partial charge in [-0.15, -0.1) is 0 Å². The van der Waals surface area contributed by atoms with Gasteiger partial charge in [0.25, 0.3) is 0 Å². The molecule has 1 aliphatic heterocycles. The average Bonchev–Trinajstić information content (AvgIpc) is 2.20. The summed E-state index contributed by atoms with van der Waals surface area (Å²) in [6.07, 6.45) is 3.71. The van der Waals surface area contributed by atoms with Crippen LogP contribution in [0.3, 0.4) is 0 Å². The molecule has 2 nitrogen and oxygen atoms in total. The summed E-state index contributed by atoms with van der Waals surface area (Å²) >= 11 is 0. The fourth-order valence-electron chi connectivity index (χ4n) is 2.35. The van der Waals surface area contributed by atoms with E-state index in [-0.39, 0.29) is 11.6 Å². The Kier molecular flexibility index (Phi) is 3.44. The molecule has 0 bridgehead atoms. The van der Waals surface area contributed by atoms with E-state index in [2.05, 4.69) is 11.8 Å². The molecule has 0 saturated carbocycles. The summed E-state index contributed by atoms with van der Waals surface area (Å²) in [5, 5.41) is 9.33. The number of nitrogens with zero attached hydrogens (tertiary/aromatic N) is 1. The molecule has 1 unspecified atom stereocenters. The first-order valence-electron chi connectivity index (χ1n) is 5.87. The molecule has 1 fully saturated rings. The van der Waals surface area contributed by atoms with Crippen molar-refractivity contribution in [3.63, 3.8) is 0 Å². The van der Waals surface area contributed by atoms with Crippen molar-refractivity contribution in [3.8, 4) is 5.75 Å². The predicted molar refractivity (Wildman–Crippen MR) is 61.8 cm³/mol. The highest BCUT2D eigenvalue weighted by atomic mass is 19.1. The van der Waals surface area contributed by atoms with Crippen molar-refractivity contribution in [2.24, 2.45) is 0 Å². The molecule has 1 aromatic carbocycles. The summed E-state index contributed by atoms with van der Waals surface area (Å²) in [4.78, 5) is 2.34. The third kappa shape index (κ3) is 2.73. The Balaban J connectivity index is 2.07. The van der Waals surface area contributed by atoms with E-state index >= 15 is 0 Å². The number of piperidine rings is 1. The summed E-state index contributed by atoms with van der Waals surface area (Å²) in [7, 11) is 0. The molecule has 1 saturated heterocycles. The molecule has 1 N–H and O–H groups in total. The van der Waals surface area contributed by atoms with Crippen LogP contribution in [0.1, 0.15) is 31.7 Å². The highest BCUT2D eigenvalue weighted by Crippen LogP contribution is 2.21. The molecule has 3 heteroatoms. The van der Waals surface area contributed by atoms with E-state index in [1.54, 1.807) is 6.07 Å². The van der Waals surface area contributed by atoms with Crippen LogP contribution in [0.15, 0.2) is 18.2 Å². The summed E-state index contributed by atoms with van der Waals surface area (Å²) < 4.78 is 13.1. The molecule has 0 amide bonds. The van der Waals surface area contributed by atoms with Crippen LogP contribution in [0.5, 0.6) is 5.75 Å². The summed E-state index contributed by atoms with van der Waals surface area (Å²) in [5.74, 6) is -0.348. The van der Waals surface area contributed by atoms with Crippen LogP contribution in [0.25, 0.3) is 0 Å². The van der Waals surface area contributed by atoms with Crippen LogP contribution >= 0.6 is 0 Å². The number of phenolic OH excluding ortho intramolecular Hbond substituents is 1. The Morgan fingerprint density at radius 3 is 2.88 bits per heavy atom. The van der Waals surface area contributed by atoms with Crippen molar-refractivity contribution >= 4 is 0 Å². The number of hydrogen-bond donors (Lipinski definition) is 1. The van der Waals surface area contributed by atoms with Crippen molar-refractivity contribution in [2.45, 2.75) is 38.8 Å². The van der Waals surface area contributed by atoms with Crippen molar-refractivity contribution in [3.05, 3.63) is 29.6 Å². The highest BCUT2D eigenvalue weighted by Gasteiger charge is 2.18. The fourth-order valence-corrected chi connectivity index (χ4v) is 2.35. The Morgan fingerprint density at radius 2 is 2.19 bits per heavy atom. The number of halogens is 1. The lowest BCUT2D eigenvalue weighted by molar-refractivity contribution is 0.152. The van der Waals surface area contributed by atoms with Gasteiger partial charge >= 0.3 is 0 Å². The van der Waals surface area contributed by atoms with Gasteiger partial charge in [0, 0.05) is 18.7 Å². The van der Waals surface area contributed by atoms with E-state index in [1.165, 1.54) is 25.3 Å². The standard InChI is InChI=1S/C13H18FNO/c1-10-4-2-3-5-15(10)9-11-6-12(14)8-13(16)7-11/h6-8,10,16H,2-5,9H2,1H3. The third-order valence-corrected chi connectivity index (χ3v) is 3.27. The van der Waals surface area contributed by atoms with Gasteiger partial charge < -0.3 is 5.11 Å². The smallest absolute Gasteiger partial charge is 0.127 e. The van der Waals surface area contributed by atoms with E-state index in [1.807, 2.05) is 0 Å². The van der Waals surface area contributed by atoms with Crippen LogP contribution < -0.4 is 0 Å².